The first-order chi connectivity index (χ1) is 13.8. The smallest absolute Gasteiger partial charge is 0.330 e. The van der Waals surface area contributed by atoms with Crippen LogP contribution >= 0.6 is 0 Å². The number of hydrogen-bond donors (Lipinski definition) is 5. The molecule has 0 unspecified atom stereocenters. The highest BCUT2D eigenvalue weighted by Gasteiger charge is 2.03. The molecule has 0 aliphatic carbocycles. The summed E-state index contributed by atoms with van der Waals surface area (Å²) in [6, 6.07) is 0. The van der Waals surface area contributed by atoms with Crippen molar-refractivity contribution in [3.63, 3.8) is 0 Å². The van der Waals surface area contributed by atoms with Gasteiger partial charge in [0.25, 0.3) is 0 Å². The van der Waals surface area contributed by atoms with Crippen molar-refractivity contribution in [2.45, 2.75) is 90.9 Å². The van der Waals surface area contributed by atoms with Crippen LogP contribution < -0.4 is 0 Å². The van der Waals surface area contributed by atoms with E-state index in [4.69, 9.17) is 25.5 Å². The van der Waals surface area contributed by atoms with E-state index in [0.717, 1.165) is 12.8 Å². The number of hydrogen-bond acceptors (Lipinski definition) is 5. The number of aliphatic hydroxyl groups excluding tert-OH is 3. The molecular weight excluding hydrogens is 376 g/mol. The van der Waals surface area contributed by atoms with Gasteiger partial charge in [-0.25, -0.2) is 4.79 Å². The Bertz CT molecular complexity index is 367. The topological polar surface area (TPSA) is 135 Å². The molecular formula is C22H44O7. The van der Waals surface area contributed by atoms with Crippen LogP contribution in [0, 0.1) is 5.92 Å². The first kappa shape index (κ1) is 32.2. The maximum Gasteiger partial charge on any atom is 0.330 e. The Morgan fingerprint density at radius 2 is 1.21 bits per heavy atom. The van der Waals surface area contributed by atoms with Crippen molar-refractivity contribution in [1.82, 2.24) is 0 Å². The Labute approximate surface area is 176 Å². The Morgan fingerprint density at radius 1 is 0.793 bits per heavy atom. The molecule has 0 aromatic carbocycles. The lowest BCUT2D eigenvalue weighted by Gasteiger charge is -2.07. The minimum absolute atomic E-state index is 0.0104. The van der Waals surface area contributed by atoms with Crippen molar-refractivity contribution >= 4 is 11.9 Å². The summed E-state index contributed by atoms with van der Waals surface area (Å²) in [6.07, 6.45) is 12.8. The first-order valence-corrected chi connectivity index (χ1v) is 10.7. The average Bonchev–Trinajstić information content (AvgIpc) is 2.68. The van der Waals surface area contributed by atoms with Crippen molar-refractivity contribution in [2.24, 2.45) is 5.92 Å². The molecule has 0 amide bonds. The molecule has 0 fully saturated rings. The highest BCUT2D eigenvalue weighted by molar-refractivity contribution is 5.84. The number of rotatable bonds is 16. The van der Waals surface area contributed by atoms with E-state index < -0.39 is 11.9 Å². The highest BCUT2D eigenvalue weighted by Crippen LogP contribution is 2.10. The van der Waals surface area contributed by atoms with Gasteiger partial charge in [0.2, 0.25) is 0 Å². The molecule has 0 spiro atoms. The van der Waals surface area contributed by atoms with E-state index >= 15 is 0 Å². The lowest BCUT2D eigenvalue weighted by atomic mass is 10.1. The van der Waals surface area contributed by atoms with Crippen LogP contribution in [0.5, 0.6) is 0 Å². The maximum atomic E-state index is 10.2. The molecule has 29 heavy (non-hydrogen) atoms. The fraction of sp³-hybridized carbons (Fsp3) is 0.818. The standard InChI is InChI=1S/C12H24O2.C6H14O3.C4H6O2/c1-2-3-4-5-6-7-8-9-10-11-12(13)14;7-3-1-2-6(4-8)5-9;1-3(2)4(5)6/h2-11H2,1H3,(H,13,14);6-9H,1-5H2;1H2,2H3,(H,5,6). The number of aliphatic carboxylic acids is 2. The van der Waals surface area contributed by atoms with Crippen molar-refractivity contribution in [3.8, 4) is 0 Å². The van der Waals surface area contributed by atoms with Crippen molar-refractivity contribution in [2.75, 3.05) is 19.8 Å². The van der Waals surface area contributed by atoms with E-state index in [0.29, 0.717) is 19.3 Å². The van der Waals surface area contributed by atoms with Gasteiger partial charge in [-0.2, -0.15) is 0 Å². The molecule has 0 aromatic heterocycles. The molecule has 0 bridgehead atoms. The van der Waals surface area contributed by atoms with Crippen LogP contribution in [0.1, 0.15) is 90.9 Å². The van der Waals surface area contributed by atoms with E-state index in [1.807, 2.05) is 0 Å². The third kappa shape index (κ3) is 34.5. The van der Waals surface area contributed by atoms with Crippen LogP contribution in [0.3, 0.4) is 0 Å². The van der Waals surface area contributed by atoms with E-state index in [1.165, 1.54) is 51.9 Å². The summed E-state index contributed by atoms with van der Waals surface area (Å²) in [5, 5.41) is 41.7. The molecule has 0 rings (SSSR count). The second kappa shape index (κ2) is 26.6. The molecule has 0 aromatic rings. The van der Waals surface area contributed by atoms with Gasteiger partial charge in [-0.3, -0.25) is 4.79 Å². The fourth-order valence-corrected chi connectivity index (χ4v) is 2.21. The predicted octanol–water partition coefficient (Wildman–Crippen LogP) is 4.00. The summed E-state index contributed by atoms with van der Waals surface area (Å²) in [6.45, 7) is 6.99. The average molecular weight is 421 g/mol. The number of carboxylic acids is 2. The zero-order chi connectivity index (χ0) is 22.9. The van der Waals surface area contributed by atoms with Gasteiger partial charge in [0.15, 0.2) is 0 Å². The zero-order valence-electron chi connectivity index (χ0n) is 18.4. The molecule has 7 nitrogen and oxygen atoms in total. The zero-order valence-corrected chi connectivity index (χ0v) is 18.4. The fourth-order valence-electron chi connectivity index (χ4n) is 2.21. The van der Waals surface area contributed by atoms with E-state index in [9.17, 15) is 9.59 Å². The number of carboxylic acid groups (broad SMARTS) is 2. The van der Waals surface area contributed by atoms with Crippen molar-refractivity contribution < 1.29 is 35.1 Å². The molecule has 5 N–H and O–H groups in total. The normalized spacial score (nSPS) is 9.86. The van der Waals surface area contributed by atoms with Gasteiger partial charge < -0.3 is 25.5 Å². The van der Waals surface area contributed by atoms with Gasteiger partial charge in [-0.05, 0) is 26.2 Å². The maximum absolute atomic E-state index is 10.2. The monoisotopic (exact) mass is 420 g/mol. The molecule has 0 radical (unpaired) electrons. The lowest BCUT2D eigenvalue weighted by molar-refractivity contribution is -0.137. The quantitative estimate of drug-likeness (QED) is 0.188. The number of aliphatic hydroxyl groups is 3. The van der Waals surface area contributed by atoms with E-state index in [1.54, 1.807) is 0 Å². The largest absolute Gasteiger partial charge is 0.481 e. The first-order valence-electron chi connectivity index (χ1n) is 10.7. The Hall–Kier alpha value is -1.44. The highest BCUT2D eigenvalue weighted by atomic mass is 16.4. The Morgan fingerprint density at radius 3 is 1.52 bits per heavy atom. The molecule has 0 aliphatic heterocycles. The van der Waals surface area contributed by atoms with E-state index in [2.05, 4.69) is 13.5 Å². The van der Waals surface area contributed by atoms with Gasteiger partial charge in [0, 0.05) is 37.7 Å². The third-order valence-corrected chi connectivity index (χ3v) is 4.15. The van der Waals surface area contributed by atoms with Crippen LogP contribution in [-0.2, 0) is 9.59 Å². The van der Waals surface area contributed by atoms with Crippen LogP contribution in [0.15, 0.2) is 12.2 Å². The molecule has 0 saturated heterocycles. The van der Waals surface area contributed by atoms with Crippen molar-refractivity contribution in [3.05, 3.63) is 12.2 Å². The van der Waals surface area contributed by atoms with Crippen LogP contribution in [0.25, 0.3) is 0 Å². The third-order valence-electron chi connectivity index (χ3n) is 4.15. The number of unbranched alkanes of at least 4 members (excludes halogenated alkanes) is 8. The Kier molecular flexibility index (Phi) is 29.5. The molecule has 174 valence electrons. The summed E-state index contributed by atoms with van der Waals surface area (Å²) in [5.74, 6) is -1.64. The lowest BCUT2D eigenvalue weighted by Crippen LogP contribution is -2.11. The van der Waals surface area contributed by atoms with Gasteiger partial charge in [0.1, 0.15) is 0 Å². The minimum Gasteiger partial charge on any atom is -0.481 e. The van der Waals surface area contributed by atoms with Gasteiger partial charge >= 0.3 is 11.9 Å². The second-order valence-electron chi connectivity index (χ2n) is 7.15. The van der Waals surface area contributed by atoms with Crippen LogP contribution in [0.4, 0.5) is 0 Å². The second-order valence-corrected chi connectivity index (χ2v) is 7.15. The molecule has 7 heteroatoms. The SMILES string of the molecule is C=C(C)C(=O)O.CCCCCCCCCCCC(=O)O.OCCCC(CO)CO. The van der Waals surface area contributed by atoms with Gasteiger partial charge in [-0.1, -0.05) is 64.9 Å². The summed E-state index contributed by atoms with van der Waals surface area (Å²) in [4.78, 5) is 19.8. The summed E-state index contributed by atoms with van der Waals surface area (Å²) >= 11 is 0. The van der Waals surface area contributed by atoms with E-state index in [-0.39, 0.29) is 31.3 Å². The molecule has 0 saturated carbocycles. The van der Waals surface area contributed by atoms with Crippen LogP contribution in [-0.4, -0.2) is 57.3 Å². The summed E-state index contributed by atoms with van der Waals surface area (Å²) in [7, 11) is 0. The molecule has 0 heterocycles. The molecule has 0 atom stereocenters. The Balaban J connectivity index is -0.000000386. The molecule has 0 aliphatic rings. The van der Waals surface area contributed by atoms with Gasteiger partial charge in [-0.15, -0.1) is 0 Å². The van der Waals surface area contributed by atoms with Gasteiger partial charge in [0.05, 0.1) is 0 Å². The van der Waals surface area contributed by atoms with Crippen molar-refractivity contribution in [1.29, 1.82) is 0 Å². The predicted molar refractivity (Wildman–Crippen MR) is 116 cm³/mol. The summed E-state index contributed by atoms with van der Waals surface area (Å²) < 4.78 is 0. The summed E-state index contributed by atoms with van der Waals surface area (Å²) in [5.41, 5.74) is 0.176. The van der Waals surface area contributed by atoms with Crippen LogP contribution in [0.2, 0.25) is 0 Å². The minimum atomic E-state index is -0.935. The number of carbonyl (C=O) groups is 2.